The van der Waals surface area contributed by atoms with Crippen molar-refractivity contribution in [2.24, 2.45) is 0 Å². The van der Waals surface area contributed by atoms with Gasteiger partial charge >= 0.3 is 0 Å². The second kappa shape index (κ2) is 12.6. The van der Waals surface area contributed by atoms with Crippen LogP contribution in [0.4, 0.5) is 28.4 Å². The standard InChI is InChI=1S/C50H40N2O2/c1-31-15-22-44(34(4)26-31)52(36-13-9-6-10-14-36)38-17-19-43-48(30-38)54-46-24-21-40-41(50(43)46)20-23-45-49(40)42-18-16-37(29-47(42)53-45)51(35-11-7-5-8-12-35)39-27-32(2)25-33(3)28-39/h5-15,17,19-30H,16,18H2,1-4H3. The van der Waals surface area contributed by atoms with Crippen molar-refractivity contribution in [3.8, 4) is 0 Å². The third-order valence-corrected chi connectivity index (χ3v) is 11.0. The molecule has 0 aliphatic heterocycles. The van der Waals surface area contributed by atoms with E-state index in [1.165, 1.54) is 55.4 Å². The van der Waals surface area contributed by atoms with Gasteiger partial charge in [0, 0.05) is 68.0 Å². The van der Waals surface area contributed by atoms with Crippen molar-refractivity contribution >= 4 is 78.2 Å². The van der Waals surface area contributed by atoms with Gasteiger partial charge in [0.05, 0.1) is 0 Å². The lowest BCUT2D eigenvalue weighted by molar-refractivity contribution is 0.593. The molecule has 0 atom stereocenters. The molecule has 0 amide bonds. The van der Waals surface area contributed by atoms with Crippen LogP contribution >= 0.6 is 0 Å². The van der Waals surface area contributed by atoms with Gasteiger partial charge in [-0.05, 0) is 147 Å². The number of para-hydroxylation sites is 2. The Morgan fingerprint density at radius 1 is 0.444 bits per heavy atom. The van der Waals surface area contributed by atoms with Gasteiger partial charge < -0.3 is 18.6 Å². The summed E-state index contributed by atoms with van der Waals surface area (Å²) < 4.78 is 13.3. The van der Waals surface area contributed by atoms with Gasteiger partial charge in [-0.2, -0.15) is 0 Å². The maximum Gasteiger partial charge on any atom is 0.137 e. The van der Waals surface area contributed by atoms with Crippen LogP contribution in [0.15, 0.2) is 154 Å². The quantitative estimate of drug-likeness (QED) is 0.173. The maximum absolute atomic E-state index is 6.69. The maximum atomic E-state index is 6.69. The molecule has 0 spiro atoms. The molecule has 0 saturated heterocycles. The number of aryl methyl sites for hydroxylation is 5. The molecule has 0 radical (unpaired) electrons. The number of benzene rings is 7. The first-order valence-corrected chi connectivity index (χ1v) is 18.8. The molecule has 262 valence electrons. The smallest absolute Gasteiger partial charge is 0.137 e. The van der Waals surface area contributed by atoms with Crippen molar-refractivity contribution in [3.05, 3.63) is 179 Å². The van der Waals surface area contributed by atoms with Crippen molar-refractivity contribution in [2.45, 2.75) is 40.5 Å². The molecule has 4 nitrogen and oxygen atoms in total. The molecule has 0 saturated carbocycles. The summed E-state index contributed by atoms with van der Waals surface area (Å²) in [5, 5.41) is 5.83. The predicted molar refractivity (Wildman–Crippen MR) is 226 cm³/mol. The molecule has 0 bridgehead atoms. The van der Waals surface area contributed by atoms with E-state index < -0.39 is 0 Å². The Hall–Kier alpha value is -6.52. The zero-order valence-corrected chi connectivity index (χ0v) is 31.0. The Bertz CT molecular complexity index is 2910. The highest BCUT2D eigenvalue weighted by molar-refractivity contribution is 6.24. The van der Waals surface area contributed by atoms with E-state index in [2.05, 4.69) is 183 Å². The molecular weight excluding hydrogens is 661 g/mol. The summed E-state index contributed by atoms with van der Waals surface area (Å²) in [5.74, 6) is 0.943. The molecule has 1 aliphatic rings. The van der Waals surface area contributed by atoms with Crippen molar-refractivity contribution in [2.75, 3.05) is 9.80 Å². The van der Waals surface area contributed by atoms with Gasteiger partial charge in [-0.1, -0.05) is 60.2 Å². The summed E-state index contributed by atoms with van der Waals surface area (Å²) in [6.07, 6.45) is 4.05. The van der Waals surface area contributed by atoms with E-state index in [0.29, 0.717) is 0 Å². The van der Waals surface area contributed by atoms with Gasteiger partial charge in [0.2, 0.25) is 0 Å². The lowest BCUT2D eigenvalue weighted by atomic mass is 9.93. The molecule has 0 unspecified atom stereocenters. The van der Waals surface area contributed by atoms with Crippen LogP contribution in [-0.2, 0) is 6.42 Å². The Balaban J connectivity index is 1.10. The van der Waals surface area contributed by atoms with Crippen LogP contribution in [0, 0.1) is 27.7 Å². The number of anilines is 5. The molecule has 0 fully saturated rings. The number of fused-ring (bicyclic) bond motifs is 9. The molecule has 4 heteroatoms. The number of rotatable bonds is 6. The number of allylic oxidation sites excluding steroid dienone is 1. The Labute approximate surface area is 315 Å². The summed E-state index contributed by atoms with van der Waals surface area (Å²) in [5.41, 5.74) is 15.8. The second-order valence-electron chi connectivity index (χ2n) is 14.8. The zero-order valence-electron chi connectivity index (χ0n) is 31.0. The summed E-state index contributed by atoms with van der Waals surface area (Å²) in [4.78, 5) is 4.71. The van der Waals surface area contributed by atoms with Gasteiger partial charge in [-0.15, -0.1) is 0 Å². The normalized spacial score (nSPS) is 12.8. The average molecular weight is 701 g/mol. The van der Waals surface area contributed by atoms with Crippen LogP contribution in [0.1, 0.15) is 40.0 Å². The Morgan fingerprint density at radius 3 is 1.80 bits per heavy atom. The fraction of sp³-hybridized carbons (Fsp3) is 0.120. The van der Waals surface area contributed by atoms with Gasteiger partial charge in [0.25, 0.3) is 0 Å². The van der Waals surface area contributed by atoms with E-state index in [1.54, 1.807) is 0 Å². The van der Waals surface area contributed by atoms with Gasteiger partial charge in [-0.25, -0.2) is 0 Å². The molecule has 10 rings (SSSR count). The van der Waals surface area contributed by atoms with E-state index >= 15 is 0 Å². The van der Waals surface area contributed by atoms with Crippen molar-refractivity contribution in [3.63, 3.8) is 0 Å². The number of hydrogen-bond acceptors (Lipinski definition) is 4. The van der Waals surface area contributed by atoms with Gasteiger partial charge in [-0.3, -0.25) is 0 Å². The van der Waals surface area contributed by atoms with E-state index in [0.717, 1.165) is 68.9 Å². The van der Waals surface area contributed by atoms with Crippen molar-refractivity contribution < 1.29 is 8.83 Å². The van der Waals surface area contributed by atoms with E-state index in [1.807, 2.05) is 0 Å². The number of hydrogen-bond donors (Lipinski definition) is 0. The largest absolute Gasteiger partial charge is 0.456 e. The highest BCUT2D eigenvalue weighted by atomic mass is 16.3. The Morgan fingerprint density at radius 2 is 1.09 bits per heavy atom. The molecule has 7 aromatic carbocycles. The fourth-order valence-electron chi connectivity index (χ4n) is 8.70. The minimum absolute atomic E-state index is 0.870. The monoisotopic (exact) mass is 700 g/mol. The third kappa shape index (κ3) is 5.29. The van der Waals surface area contributed by atoms with Gasteiger partial charge in [0.1, 0.15) is 22.5 Å². The van der Waals surface area contributed by atoms with Crippen LogP contribution in [0.3, 0.4) is 0 Å². The average Bonchev–Trinajstić information content (AvgIpc) is 3.74. The lowest BCUT2D eigenvalue weighted by Crippen LogP contribution is -2.19. The van der Waals surface area contributed by atoms with Crippen LogP contribution < -0.4 is 9.80 Å². The van der Waals surface area contributed by atoms with Gasteiger partial charge in [0.15, 0.2) is 0 Å². The number of nitrogens with zero attached hydrogens (tertiary/aromatic N) is 2. The van der Waals surface area contributed by atoms with Crippen molar-refractivity contribution in [1.82, 2.24) is 0 Å². The lowest BCUT2D eigenvalue weighted by Gasteiger charge is -2.30. The molecular formula is C50H40N2O2. The summed E-state index contributed by atoms with van der Waals surface area (Å²) in [7, 11) is 0. The van der Waals surface area contributed by atoms with E-state index in [-0.39, 0.29) is 0 Å². The zero-order chi connectivity index (χ0) is 36.5. The molecule has 54 heavy (non-hydrogen) atoms. The van der Waals surface area contributed by atoms with Crippen LogP contribution in [-0.4, -0.2) is 0 Å². The summed E-state index contributed by atoms with van der Waals surface area (Å²) >= 11 is 0. The highest BCUT2D eigenvalue weighted by Gasteiger charge is 2.26. The van der Waals surface area contributed by atoms with E-state index in [9.17, 15) is 0 Å². The first-order valence-electron chi connectivity index (χ1n) is 18.8. The minimum atomic E-state index is 0.870. The summed E-state index contributed by atoms with van der Waals surface area (Å²) in [6, 6.07) is 50.0. The summed E-state index contributed by atoms with van der Waals surface area (Å²) in [6.45, 7) is 8.66. The molecule has 2 heterocycles. The van der Waals surface area contributed by atoms with E-state index in [4.69, 9.17) is 8.83 Å². The minimum Gasteiger partial charge on any atom is -0.456 e. The first-order chi connectivity index (χ1) is 26.4. The predicted octanol–water partition coefficient (Wildman–Crippen LogP) is 14.3. The molecule has 1 aliphatic carbocycles. The SMILES string of the molecule is Cc1cc(C)cc(N(C2=Cc3oc4ccc5c(ccc6oc7cc(N(c8ccccc8)c8ccc(C)cc8C)ccc7c65)c4c3CC2)c2ccccc2)c1. The molecule has 2 aromatic heterocycles. The molecule has 0 N–H and O–H groups in total. The Kier molecular flexibility index (Phi) is 7.48. The third-order valence-electron chi connectivity index (χ3n) is 11.0. The second-order valence-corrected chi connectivity index (χ2v) is 14.8. The number of furan rings is 2. The van der Waals surface area contributed by atoms with Crippen LogP contribution in [0.2, 0.25) is 0 Å². The van der Waals surface area contributed by atoms with Crippen LogP contribution in [0.25, 0.3) is 49.8 Å². The van der Waals surface area contributed by atoms with Crippen LogP contribution in [0.5, 0.6) is 0 Å². The highest BCUT2D eigenvalue weighted by Crippen LogP contribution is 2.45. The fourth-order valence-corrected chi connectivity index (χ4v) is 8.70. The molecule has 9 aromatic rings. The van der Waals surface area contributed by atoms with Crippen molar-refractivity contribution in [1.29, 1.82) is 0 Å². The topological polar surface area (TPSA) is 32.8 Å². The first kappa shape index (κ1) is 32.2.